The van der Waals surface area contributed by atoms with Crippen LogP contribution in [0.3, 0.4) is 0 Å². The summed E-state index contributed by atoms with van der Waals surface area (Å²) < 4.78 is 0. The Morgan fingerprint density at radius 1 is 1.29 bits per heavy atom. The Morgan fingerprint density at radius 3 is 2.41 bits per heavy atom. The highest BCUT2D eigenvalue weighted by molar-refractivity contribution is 6.45. The van der Waals surface area contributed by atoms with Crippen LogP contribution in [0.5, 0.6) is 0 Å². The van der Waals surface area contributed by atoms with Crippen molar-refractivity contribution in [2.45, 2.75) is 19.7 Å². The molecule has 1 fully saturated rings. The maximum atomic E-state index is 12.2. The fraction of sp³-hybridized carbons (Fsp3) is 0.462. The van der Waals surface area contributed by atoms with Gasteiger partial charge in [-0.2, -0.15) is 0 Å². The number of carbonyl (C=O) groups is 1. The van der Waals surface area contributed by atoms with Crippen molar-refractivity contribution in [3.8, 4) is 0 Å². The van der Waals surface area contributed by atoms with Gasteiger partial charge in [0.25, 0.3) is 0 Å². The van der Waals surface area contributed by atoms with Crippen LogP contribution in [-0.4, -0.2) is 35.8 Å². The first kappa shape index (κ1) is 12.3. The SMILES string of the molecule is CB(O)N1CCC(C(=O)c2ccccc2)CC1. The van der Waals surface area contributed by atoms with Gasteiger partial charge in [0.05, 0.1) is 0 Å². The molecule has 17 heavy (non-hydrogen) atoms. The van der Waals surface area contributed by atoms with Crippen molar-refractivity contribution >= 4 is 12.8 Å². The second kappa shape index (κ2) is 5.47. The molecule has 1 saturated heterocycles. The van der Waals surface area contributed by atoms with Crippen molar-refractivity contribution in [3.05, 3.63) is 35.9 Å². The van der Waals surface area contributed by atoms with Crippen LogP contribution in [0.15, 0.2) is 30.3 Å². The first-order chi connectivity index (χ1) is 8.18. The molecule has 1 N–H and O–H groups in total. The Hall–Kier alpha value is -1.13. The van der Waals surface area contributed by atoms with Crippen LogP contribution < -0.4 is 0 Å². The molecule has 0 unspecified atom stereocenters. The van der Waals surface area contributed by atoms with Gasteiger partial charge in [-0.25, -0.2) is 0 Å². The Kier molecular flexibility index (Phi) is 3.97. The summed E-state index contributed by atoms with van der Waals surface area (Å²) in [4.78, 5) is 14.2. The summed E-state index contributed by atoms with van der Waals surface area (Å²) in [5, 5.41) is 9.46. The standard InChI is InChI=1S/C13H18BNO2/c1-14(17)15-9-7-12(8-10-15)13(16)11-5-3-2-4-6-11/h2-6,12,17H,7-10H2,1H3. The van der Waals surface area contributed by atoms with Crippen LogP contribution in [0.4, 0.5) is 0 Å². The van der Waals surface area contributed by atoms with E-state index in [0.717, 1.165) is 31.5 Å². The number of piperidine rings is 1. The minimum Gasteiger partial charge on any atom is -0.437 e. The number of benzene rings is 1. The van der Waals surface area contributed by atoms with E-state index < -0.39 is 7.05 Å². The fourth-order valence-corrected chi connectivity index (χ4v) is 2.37. The van der Waals surface area contributed by atoms with Gasteiger partial charge in [0.1, 0.15) is 0 Å². The average molecular weight is 231 g/mol. The second-order valence-corrected chi connectivity index (χ2v) is 4.67. The number of hydrogen-bond acceptors (Lipinski definition) is 3. The summed E-state index contributed by atoms with van der Waals surface area (Å²) in [7, 11) is -0.400. The zero-order valence-electron chi connectivity index (χ0n) is 10.2. The number of rotatable bonds is 3. The van der Waals surface area contributed by atoms with E-state index in [1.54, 1.807) is 6.82 Å². The molecule has 4 heteroatoms. The van der Waals surface area contributed by atoms with E-state index in [9.17, 15) is 9.82 Å². The Balaban J connectivity index is 1.95. The molecule has 0 radical (unpaired) electrons. The van der Waals surface area contributed by atoms with E-state index in [1.807, 2.05) is 35.1 Å². The third kappa shape index (κ3) is 2.96. The van der Waals surface area contributed by atoms with E-state index in [-0.39, 0.29) is 11.7 Å². The molecule has 0 spiro atoms. The van der Waals surface area contributed by atoms with Gasteiger partial charge < -0.3 is 9.83 Å². The number of Topliss-reactive ketones (excluding diaryl/α,β-unsaturated/α-hetero) is 1. The third-order valence-electron chi connectivity index (χ3n) is 3.49. The van der Waals surface area contributed by atoms with Crippen molar-refractivity contribution in [3.63, 3.8) is 0 Å². The molecule has 0 aliphatic carbocycles. The molecule has 0 atom stereocenters. The molecule has 0 amide bonds. The number of hydrogen-bond donors (Lipinski definition) is 1. The molecule has 2 rings (SSSR count). The number of carbonyl (C=O) groups excluding carboxylic acids is 1. The Bertz CT molecular complexity index is 372. The third-order valence-corrected chi connectivity index (χ3v) is 3.49. The topological polar surface area (TPSA) is 40.5 Å². The van der Waals surface area contributed by atoms with E-state index in [1.165, 1.54) is 0 Å². The second-order valence-electron chi connectivity index (χ2n) is 4.67. The quantitative estimate of drug-likeness (QED) is 0.635. The van der Waals surface area contributed by atoms with Crippen LogP contribution in [0, 0.1) is 5.92 Å². The Morgan fingerprint density at radius 2 is 1.88 bits per heavy atom. The summed E-state index contributed by atoms with van der Waals surface area (Å²) in [5.74, 6) is 0.364. The van der Waals surface area contributed by atoms with Crippen molar-refractivity contribution in [2.75, 3.05) is 13.1 Å². The molecule has 1 aromatic rings. The summed E-state index contributed by atoms with van der Waals surface area (Å²) in [6, 6.07) is 9.48. The van der Waals surface area contributed by atoms with Crippen molar-refractivity contribution in [2.24, 2.45) is 5.92 Å². The minimum absolute atomic E-state index is 0.118. The number of ketones is 1. The molecule has 90 valence electrons. The monoisotopic (exact) mass is 231 g/mol. The average Bonchev–Trinajstić information content (AvgIpc) is 2.39. The van der Waals surface area contributed by atoms with Gasteiger partial charge in [-0.1, -0.05) is 30.3 Å². The van der Waals surface area contributed by atoms with Gasteiger partial charge in [0, 0.05) is 11.5 Å². The van der Waals surface area contributed by atoms with Gasteiger partial charge in [-0.15, -0.1) is 0 Å². The van der Waals surface area contributed by atoms with Crippen LogP contribution in [0.25, 0.3) is 0 Å². The normalized spacial score (nSPS) is 18.0. The highest BCUT2D eigenvalue weighted by Gasteiger charge is 2.28. The van der Waals surface area contributed by atoms with E-state index in [2.05, 4.69) is 0 Å². The van der Waals surface area contributed by atoms with Gasteiger partial charge in [0.15, 0.2) is 5.78 Å². The zero-order valence-corrected chi connectivity index (χ0v) is 10.2. The summed E-state index contributed by atoms with van der Waals surface area (Å²) in [6.07, 6.45) is 1.69. The van der Waals surface area contributed by atoms with Crippen LogP contribution in [-0.2, 0) is 0 Å². The molecule has 0 bridgehead atoms. The van der Waals surface area contributed by atoms with Gasteiger partial charge in [-0.3, -0.25) is 4.79 Å². The lowest BCUT2D eigenvalue weighted by molar-refractivity contribution is 0.0870. The largest absolute Gasteiger partial charge is 0.437 e. The zero-order chi connectivity index (χ0) is 12.3. The molecule has 1 aromatic carbocycles. The molecular formula is C13H18BNO2. The predicted molar refractivity (Wildman–Crippen MR) is 68.9 cm³/mol. The van der Waals surface area contributed by atoms with E-state index in [0.29, 0.717) is 0 Å². The Labute approximate surface area is 103 Å². The smallest absolute Gasteiger partial charge is 0.376 e. The van der Waals surface area contributed by atoms with Crippen molar-refractivity contribution in [1.29, 1.82) is 0 Å². The highest BCUT2D eigenvalue weighted by Crippen LogP contribution is 2.21. The molecule has 1 aliphatic rings. The van der Waals surface area contributed by atoms with Crippen LogP contribution in [0.1, 0.15) is 23.2 Å². The first-order valence-electron chi connectivity index (χ1n) is 6.20. The highest BCUT2D eigenvalue weighted by atomic mass is 16.2. The van der Waals surface area contributed by atoms with Gasteiger partial charge >= 0.3 is 7.05 Å². The van der Waals surface area contributed by atoms with E-state index in [4.69, 9.17) is 0 Å². The molecule has 1 heterocycles. The molecular weight excluding hydrogens is 213 g/mol. The molecule has 0 saturated carbocycles. The lowest BCUT2D eigenvalue weighted by atomic mass is 9.79. The van der Waals surface area contributed by atoms with Crippen molar-refractivity contribution < 1.29 is 9.82 Å². The first-order valence-corrected chi connectivity index (χ1v) is 6.20. The van der Waals surface area contributed by atoms with Gasteiger partial charge in [0.2, 0.25) is 0 Å². The summed E-state index contributed by atoms with van der Waals surface area (Å²) in [5.41, 5.74) is 0.808. The van der Waals surface area contributed by atoms with Crippen LogP contribution >= 0.6 is 0 Å². The van der Waals surface area contributed by atoms with Crippen LogP contribution in [0.2, 0.25) is 6.82 Å². The van der Waals surface area contributed by atoms with E-state index >= 15 is 0 Å². The maximum Gasteiger partial charge on any atom is 0.376 e. The van der Waals surface area contributed by atoms with Gasteiger partial charge in [-0.05, 0) is 32.8 Å². The molecule has 0 aromatic heterocycles. The minimum atomic E-state index is -0.400. The lowest BCUT2D eigenvalue weighted by Gasteiger charge is -2.31. The summed E-state index contributed by atoms with van der Waals surface area (Å²) >= 11 is 0. The number of nitrogens with zero attached hydrogens (tertiary/aromatic N) is 1. The molecule has 3 nitrogen and oxygen atoms in total. The summed E-state index contributed by atoms with van der Waals surface area (Å²) in [6.45, 7) is 3.39. The predicted octanol–water partition coefficient (Wildman–Crippen LogP) is 1.69. The fourth-order valence-electron chi connectivity index (χ4n) is 2.37. The maximum absolute atomic E-state index is 12.2. The lowest BCUT2D eigenvalue weighted by Crippen LogP contribution is -2.44. The van der Waals surface area contributed by atoms with Crippen molar-refractivity contribution in [1.82, 2.24) is 4.81 Å². The molecule has 1 aliphatic heterocycles.